The Morgan fingerprint density at radius 2 is 1.88 bits per heavy atom. The third-order valence-corrected chi connectivity index (χ3v) is 5.59. The van der Waals surface area contributed by atoms with Crippen molar-refractivity contribution in [2.24, 2.45) is 0 Å². The molecule has 0 amide bonds. The third kappa shape index (κ3) is 3.17. The predicted molar refractivity (Wildman–Crippen MR) is 64.3 cm³/mol. The Bertz CT molecular complexity index is 374. The molecule has 1 saturated heterocycles. The third-order valence-electron chi connectivity index (χ3n) is 3.40. The minimum atomic E-state index is -3.74. The van der Waals surface area contributed by atoms with Gasteiger partial charge in [-0.05, 0) is 39.9 Å². The first-order chi connectivity index (χ1) is 7.76. The number of likely N-dealkylation sites (tertiary alicyclic amines) is 1. The van der Waals surface area contributed by atoms with Crippen molar-refractivity contribution in [3.05, 3.63) is 0 Å². The maximum absolute atomic E-state index is 12.0. The van der Waals surface area contributed by atoms with E-state index in [-0.39, 0.29) is 6.04 Å². The van der Waals surface area contributed by atoms with E-state index < -0.39 is 21.2 Å². The van der Waals surface area contributed by atoms with Gasteiger partial charge in [0.15, 0.2) is 5.25 Å². The van der Waals surface area contributed by atoms with Gasteiger partial charge in [-0.3, -0.25) is 4.79 Å². The van der Waals surface area contributed by atoms with Gasteiger partial charge in [-0.25, -0.2) is 12.7 Å². The number of hydrogen-bond acceptors (Lipinski definition) is 4. The lowest BCUT2D eigenvalue weighted by Crippen LogP contribution is -2.48. The first kappa shape index (κ1) is 14.4. The summed E-state index contributed by atoms with van der Waals surface area (Å²) >= 11 is 0. The number of piperidine rings is 1. The minimum Gasteiger partial charge on any atom is -0.480 e. The molecule has 100 valence electrons. The molecule has 0 aromatic rings. The minimum absolute atomic E-state index is 0.0852. The van der Waals surface area contributed by atoms with E-state index in [1.165, 1.54) is 18.3 Å². The molecule has 1 fully saturated rings. The first-order valence-electron chi connectivity index (χ1n) is 5.65. The fraction of sp³-hybridized carbons (Fsp3) is 0.900. The lowest BCUT2D eigenvalue weighted by atomic mass is 10.1. The molecule has 0 spiro atoms. The maximum Gasteiger partial charge on any atom is 0.323 e. The van der Waals surface area contributed by atoms with E-state index in [1.54, 1.807) is 0 Å². The van der Waals surface area contributed by atoms with Gasteiger partial charge in [0.25, 0.3) is 0 Å². The van der Waals surface area contributed by atoms with E-state index in [0.29, 0.717) is 0 Å². The highest BCUT2D eigenvalue weighted by molar-refractivity contribution is 7.90. The zero-order chi connectivity index (χ0) is 13.2. The molecule has 1 aliphatic rings. The molecule has 0 bridgehead atoms. The molecule has 1 unspecified atom stereocenters. The molecule has 1 N–H and O–H groups in total. The molecular weight excluding hydrogens is 244 g/mol. The smallest absolute Gasteiger partial charge is 0.323 e. The Morgan fingerprint density at radius 1 is 1.41 bits per heavy atom. The monoisotopic (exact) mass is 264 g/mol. The Morgan fingerprint density at radius 3 is 2.29 bits per heavy atom. The number of rotatable bonds is 4. The van der Waals surface area contributed by atoms with Crippen LogP contribution >= 0.6 is 0 Å². The number of hydrogen-bond donors (Lipinski definition) is 1. The maximum atomic E-state index is 12.0. The fourth-order valence-electron chi connectivity index (χ4n) is 1.94. The lowest BCUT2D eigenvalue weighted by Gasteiger charge is -2.35. The molecular formula is C10H20N2O4S. The summed E-state index contributed by atoms with van der Waals surface area (Å²) < 4.78 is 25.2. The summed E-state index contributed by atoms with van der Waals surface area (Å²) in [6.45, 7) is 2.89. The Labute approximate surface area is 102 Å². The average Bonchev–Trinajstić information content (AvgIpc) is 2.27. The summed E-state index contributed by atoms with van der Waals surface area (Å²) in [5.74, 6) is -1.30. The second-order valence-corrected chi connectivity index (χ2v) is 6.89. The predicted octanol–water partition coefficient (Wildman–Crippen LogP) is -0.185. The van der Waals surface area contributed by atoms with Crippen LogP contribution in [0.15, 0.2) is 0 Å². The summed E-state index contributed by atoms with van der Waals surface area (Å²) in [5.41, 5.74) is 0. The molecule has 7 heteroatoms. The van der Waals surface area contributed by atoms with Crippen LogP contribution in [-0.4, -0.2) is 67.2 Å². The SMILES string of the molecule is CC(C(=O)O)S(=O)(=O)N(C)C1CCN(C)CC1. The zero-order valence-electron chi connectivity index (χ0n) is 10.5. The van der Waals surface area contributed by atoms with Gasteiger partial charge in [-0.15, -0.1) is 0 Å². The molecule has 1 rings (SSSR count). The van der Waals surface area contributed by atoms with E-state index in [0.717, 1.165) is 25.9 Å². The standard InChI is InChI=1S/C10H20N2O4S/c1-8(10(13)14)17(15,16)12(3)9-4-6-11(2)7-5-9/h8-9H,4-7H2,1-3H3,(H,13,14). The van der Waals surface area contributed by atoms with Gasteiger partial charge in [0.05, 0.1) is 0 Å². The summed E-state index contributed by atoms with van der Waals surface area (Å²) in [6.07, 6.45) is 1.50. The van der Waals surface area contributed by atoms with Gasteiger partial charge >= 0.3 is 5.97 Å². The Kier molecular flexibility index (Phi) is 4.51. The van der Waals surface area contributed by atoms with Crippen LogP contribution in [0, 0.1) is 0 Å². The normalized spacial score (nSPS) is 21.6. The van der Waals surface area contributed by atoms with Crippen LogP contribution < -0.4 is 0 Å². The van der Waals surface area contributed by atoms with Gasteiger partial charge in [0.2, 0.25) is 10.0 Å². The van der Waals surface area contributed by atoms with Crippen molar-refractivity contribution in [2.75, 3.05) is 27.2 Å². The highest BCUT2D eigenvalue weighted by Crippen LogP contribution is 2.19. The molecule has 1 atom stereocenters. The van der Waals surface area contributed by atoms with Gasteiger partial charge < -0.3 is 10.0 Å². The molecule has 0 saturated carbocycles. The van der Waals surface area contributed by atoms with Crippen LogP contribution in [0.4, 0.5) is 0 Å². The van der Waals surface area contributed by atoms with Gasteiger partial charge in [-0.1, -0.05) is 0 Å². The quantitative estimate of drug-likeness (QED) is 0.762. The van der Waals surface area contributed by atoms with Crippen LogP contribution in [0.1, 0.15) is 19.8 Å². The molecule has 0 aromatic heterocycles. The molecule has 6 nitrogen and oxygen atoms in total. The molecule has 0 aromatic carbocycles. The Balaban J connectivity index is 2.75. The van der Waals surface area contributed by atoms with Crippen molar-refractivity contribution in [1.82, 2.24) is 9.21 Å². The summed E-state index contributed by atoms with van der Waals surface area (Å²) in [5, 5.41) is 7.41. The van der Waals surface area contributed by atoms with E-state index in [1.807, 2.05) is 7.05 Å². The number of nitrogens with zero attached hydrogens (tertiary/aromatic N) is 2. The van der Waals surface area contributed by atoms with Gasteiger partial charge in [-0.2, -0.15) is 0 Å². The number of sulfonamides is 1. The molecule has 17 heavy (non-hydrogen) atoms. The van der Waals surface area contributed by atoms with E-state index in [9.17, 15) is 13.2 Å². The van der Waals surface area contributed by atoms with Crippen molar-refractivity contribution >= 4 is 16.0 Å². The lowest BCUT2D eigenvalue weighted by molar-refractivity contribution is -0.136. The zero-order valence-corrected chi connectivity index (χ0v) is 11.3. The van der Waals surface area contributed by atoms with Crippen molar-refractivity contribution in [3.63, 3.8) is 0 Å². The second-order valence-electron chi connectivity index (χ2n) is 4.58. The van der Waals surface area contributed by atoms with Gasteiger partial charge in [0, 0.05) is 13.1 Å². The molecule has 0 aliphatic carbocycles. The second kappa shape index (κ2) is 5.32. The number of aliphatic carboxylic acids is 1. The van der Waals surface area contributed by atoms with Crippen LogP contribution in [0.25, 0.3) is 0 Å². The first-order valence-corrected chi connectivity index (χ1v) is 7.15. The van der Waals surface area contributed by atoms with E-state index in [2.05, 4.69) is 4.90 Å². The number of carboxylic acids is 1. The van der Waals surface area contributed by atoms with E-state index in [4.69, 9.17) is 5.11 Å². The van der Waals surface area contributed by atoms with Crippen LogP contribution in [-0.2, 0) is 14.8 Å². The van der Waals surface area contributed by atoms with Crippen molar-refractivity contribution in [3.8, 4) is 0 Å². The summed E-state index contributed by atoms with van der Waals surface area (Å²) in [6, 6.07) is -0.0852. The number of carbonyl (C=O) groups is 1. The molecule has 1 aliphatic heterocycles. The molecule has 0 radical (unpaired) electrons. The highest BCUT2D eigenvalue weighted by atomic mass is 32.2. The summed E-state index contributed by atoms with van der Waals surface area (Å²) in [7, 11) is -0.272. The fourth-order valence-corrected chi connectivity index (χ4v) is 3.32. The number of carboxylic acid groups (broad SMARTS) is 1. The van der Waals surface area contributed by atoms with E-state index >= 15 is 0 Å². The summed E-state index contributed by atoms with van der Waals surface area (Å²) in [4.78, 5) is 12.9. The average molecular weight is 264 g/mol. The highest BCUT2D eigenvalue weighted by Gasteiger charge is 2.36. The molecule has 1 heterocycles. The Hall–Kier alpha value is -0.660. The topological polar surface area (TPSA) is 77.9 Å². The van der Waals surface area contributed by atoms with Crippen molar-refractivity contribution in [2.45, 2.75) is 31.1 Å². The van der Waals surface area contributed by atoms with Crippen molar-refractivity contribution in [1.29, 1.82) is 0 Å². The van der Waals surface area contributed by atoms with Crippen LogP contribution in [0.5, 0.6) is 0 Å². The van der Waals surface area contributed by atoms with Crippen LogP contribution in [0.2, 0.25) is 0 Å². The largest absolute Gasteiger partial charge is 0.480 e. The van der Waals surface area contributed by atoms with Gasteiger partial charge in [0.1, 0.15) is 0 Å². The van der Waals surface area contributed by atoms with Crippen molar-refractivity contribution < 1.29 is 18.3 Å². The van der Waals surface area contributed by atoms with Crippen LogP contribution in [0.3, 0.4) is 0 Å².